The molecular formula is C17H14Br2O5. The van der Waals surface area contributed by atoms with Crippen molar-refractivity contribution in [1.29, 1.82) is 0 Å². The van der Waals surface area contributed by atoms with E-state index in [-0.39, 0.29) is 0 Å². The number of halogens is 2. The lowest BCUT2D eigenvalue weighted by atomic mass is 10.2. The molecule has 0 fully saturated rings. The lowest BCUT2D eigenvalue weighted by molar-refractivity contribution is 0.0600. The lowest BCUT2D eigenvalue weighted by Crippen LogP contribution is -2.09. The van der Waals surface area contributed by atoms with E-state index in [0.29, 0.717) is 38.2 Å². The maximum atomic E-state index is 12.3. The van der Waals surface area contributed by atoms with Gasteiger partial charge < -0.3 is 14.2 Å². The van der Waals surface area contributed by atoms with Crippen LogP contribution in [0, 0.1) is 0 Å². The molecule has 0 bridgehead atoms. The van der Waals surface area contributed by atoms with Crippen LogP contribution in [-0.2, 0) is 4.74 Å². The second kappa shape index (κ2) is 8.30. The molecular weight excluding hydrogens is 444 g/mol. The summed E-state index contributed by atoms with van der Waals surface area (Å²) >= 11 is 6.63. The Morgan fingerprint density at radius 3 is 1.96 bits per heavy atom. The average molecular weight is 458 g/mol. The van der Waals surface area contributed by atoms with Gasteiger partial charge in [0.05, 0.1) is 33.8 Å². The Morgan fingerprint density at radius 2 is 1.46 bits per heavy atom. The summed E-state index contributed by atoms with van der Waals surface area (Å²) in [7, 11) is 1.30. The summed E-state index contributed by atoms with van der Waals surface area (Å²) in [6.45, 7) is 2.41. The van der Waals surface area contributed by atoms with Gasteiger partial charge in [0.15, 0.2) is 0 Å². The van der Waals surface area contributed by atoms with E-state index >= 15 is 0 Å². The first kappa shape index (κ1) is 18.5. The summed E-state index contributed by atoms with van der Waals surface area (Å²) in [5.41, 5.74) is 0.724. The second-order valence-corrected chi connectivity index (χ2v) is 6.31. The zero-order valence-corrected chi connectivity index (χ0v) is 16.1. The highest BCUT2D eigenvalue weighted by Gasteiger charge is 2.15. The SMILES string of the molecule is CCOc1ccc(C(=O)Oc2ccc(C(=O)OC)cc2Br)cc1Br. The number of carbonyl (C=O) groups is 2. The first-order valence-electron chi connectivity index (χ1n) is 6.98. The van der Waals surface area contributed by atoms with E-state index in [9.17, 15) is 9.59 Å². The number of hydrogen-bond acceptors (Lipinski definition) is 5. The average Bonchev–Trinajstić information content (AvgIpc) is 2.57. The van der Waals surface area contributed by atoms with Crippen molar-refractivity contribution < 1.29 is 23.8 Å². The molecule has 0 atom stereocenters. The molecule has 0 radical (unpaired) electrons. The zero-order chi connectivity index (χ0) is 17.7. The third-order valence-electron chi connectivity index (χ3n) is 3.02. The van der Waals surface area contributed by atoms with Crippen LogP contribution in [0.3, 0.4) is 0 Å². The van der Waals surface area contributed by atoms with Crippen LogP contribution in [0.2, 0.25) is 0 Å². The van der Waals surface area contributed by atoms with Crippen LogP contribution < -0.4 is 9.47 Å². The normalized spacial score (nSPS) is 10.2. The molecule has 2 aromatic carbocycles. The molecule has 0 saturated carbocycles. The van der Waals surface area contributed by atoms with Gasteiger partial charge in [-0.25, -0.2) is 9.59 Å². The highest BCUT2D eigenvalue weighted by Crippen LogP contribution is 2.29. The van der Waals surface area contributed by atoms with Crippen LogP contribution in [0.15, 0.2) is 45.3 Å². The summed E-state index contributed by atoms with van der Waals surface area (Å²) < 4.78 is 16.5. The van der Waals surface area contributed by atoms with Crippen molar-refractivity contribution in [3.05, 3.63) is 56.5 Å². The molecule has 0 N–H and O–H groups in total. The maximum absolute atomic E-state index is 12.3. The Balaban J connectivity index is 2.17. The quantitative estimate of drug-likeness (QED) is 0.484. The first-order chi connectivity index (χ1) is 11.5. The van der Waals surface area contributed by atoms with Gasteiger partial charge in [0, 0.05) is 0 Å². The van der Waals surface area contributed by atoms with Gasteiger partial charge in [0.1, 0.15) is 11.5 Å². The third-order valence-corrected chi connectivity index (χ3v) is 4.26. The number of esters is 2. The Hall–Kier alpha value is -1.86. The molecule has 2 aromatic rings. The standard InChI is InChI=1S/C17H14Br2O5/c1-3-23-14-6-4-11(9-12(14)18)17(21)24-15-7-5-10(8-13(15)19)16(20)22-2/h4-9H,3H2,1-2H3. The molecule has 0 aromatic heterocycles. The maximum Gasteiger partial charge on any atom is 0.343 e. The molecule has 24 heavy (non-hydrogen) atoms. The van der Waals surface area contributed by atoms with Crippen molar-refractivity contribution in [2.75, 3.05) is 13.7 Å². The molecule has 0 aliphatic carbocycles. The first-order valence-corrected chi connectivity index (χ1v) is 8.57. The zero-order valence-electron chi connectivity index (χ0n) is 13.0. The molecule has 126 valence electrons. The van der Waals surface area contributed by atoms with Gasteiger partial charge >= 0.3 is 11.9 Å². The highest BCUT2D eigenvalue weighted by molar-refractivity contribution is 9.10. The summed E-state index contributed by atoms with van der Waals surface area (Å²) in [5, 5.41) is 0. The molecule has 0 saturated heterocycles. The van der Waals surface area contributed by atoms with Crippen molar-refractivity contribution in [3.8, 4) is 11.5 Å². The molecule has 0 amide bonds. The topological polar surface area (TPSA) is 61.8 Å². The molecule has 7 heteroatoms. The second-order valence-electron chi connectivity index (χ2n) is 4.60. The van der Waals surface area contributed by atoms with E-state index < -0.39 is 11.9 Å². The van der Waals surface area contributed by atoms with Gasteiger partial charge in [-0.2, -0.15) is 0 Å². The summed E-state index contributed by atoms with van der Waals surface area (Å²) in [6, 6.07) is 9.52. The van der Waals surface area contributed by atoms with E-state index in [2.05, 4.69) is 36.6 Å². The minimum atomic E-state index is -0.523. The summed E-state index contributed by atoms with van der Waals surface area (Å²) in [4.78, 5) is 23.7. The van der Waals surface area contributed by atoms with Crippen LogP contribution in [0.4, 0.5) is 0 Å². The molecule has 2 rings (SSSR count). The molecule has 0 heterocycles. The third kappa shape index (κ3) is 4.36. The van der Waals surface area contributed by atoms with E-state index in [1.54, 1.807) is 18.2 Å². The highest BCUT2D eigenvalue weighted by atomic mass is 79.9. The van der Waals surface area contributed by atoms with Gasteiger partial charge in [-0.3, -0.25) is 0 Å². The molecule has 5 nitrogen and oxygen atoms in total. The summed E-state index contributed by atoms with van der Waals surface area (Å²) in [6.07, 6.45) is 0. The van der Waals surface area contributed by atoms with Gasteiger partial charge in [-0.15, -0.1) is 0 Å². The Bertz CT molecular complexity index is 774. The number of ether oxygens (including phenoxy) is 3. The minimum absolute atomic E-state index is 0.303. The fraction of sp³-hybridized carbons (Fsp3) is 0.176. The number of benzene rings is 2. The van der Waals surface area contributed by atoms with E-state index in [1.165, 1.54) is 25.3 Å². The van der Waals surface area contributed by atoms with Crippen LogP contribution in [0.5, 0.6) is 11.5 Å². The van der Waals surface area contributed by atoms with Gasteiger partial charge in [0.25, 0.3) is 0 Å². The van der Waals surface area contributed by atoms with Crippen LogP contribution in [-0.4, -0.2) is 25.7 Å². The van der Waals surface area contributed by atoms with Crippen molar-refractivity contribution in [3.63, 3.8) is 0 Å². The summed E-state index contributed by atoms with van der Waals surface area (Å²) in [5.74, 6) is -0.0374. The van der Waals surface area contributed by atoms with Crippen LogP contribution in [0.1, 0.15) is 27.6 Å². The largest absolute Gasteiger partial charge is 0.493 e. The van der Waals surface area contributed by atoms with Crippen molar-refractivity contribution >= 4 is 43.8 Å². The van der Waals surface area contributed by atoms with E-state index in [0.717, 1.165) is 0 Å². The fourth-order valence-electron chi connectivity index (χ4n) is 1.89. The van der Waals surface area contributed by atoms with Gasteiger partial charge in [-0.1, -0.05) is 0 Å². The van der Waals surface area contributed by atoms with Crippen molar-refractivity contribution in [1.82, 2.24) is 0 Å². The van der Waals surface area contributed by atoms with Crippen molar-refractivity contribution in [2.24, 2.45) is 0 Å². The number of methoxy groups -OCH3 is 1. The number of rotatable bonds is 5. The van der Waals surface area contributed by atoms with E-state index in [4.69, 9.17) is 9.47 Å². The van der Waals surface area contributed by atoms with Crippen LogP contribution in [0.25, 0.3) is 0 Å². The molecule has 0 spiro atoms. The predicted octanol–water partition coefficient (Wildman–Crippen LogP) is 4.62. The Morgan fingerprint density at radius 1 is 0.917 bits per heavy atom. The smallest absolute Gasteiger partial charge is 0.343 e. The van der Waals surface area contributed by atoms with Crippen LogP contribution >= 0.6 is 31.9 Å². The van der Waals surface area contributed by atoms with Crippen molar-refractivity contribution in [2.45, 2.75) is 6.92 Å². The molecule has 0 aliphatic heterocycles. The fourth-order valence-corrected chi connectivity index (χ4v) is 2.84. The number of hydrogen-bond donors (Lipinski definition) is 0. The van der Waals surface area contributed by atoms with Gasteiger partial charge in [-0.05, 0) is 75.2 Å². The lowest BCUT2D eigenvalue weighted by Gasteiger charge is -2.10. The Kier molecular flexibility index (Phi) is 6.39. The monoisotopic (exact) mass is 456 g/mol. The van der Waals surface area contributed by atoms with E-state index in [1.807, 2.05) is 6.92 Å². The predicted molar refractivity (Wildman–Crippen MR) is 95.8 cm³/mol. The van der Waals surface area contributed by atoms with Gasteiger partial charge in [0.2, 0.25) is 0 Å². The minimum Gasteiger partial charge on any atom is -0.493 e. The molecule has 0 unspecified atom stereocenters. The Labute approximate surface area is 156 Å². The number of carbonyl (C=O) groups excluding carboxylic acids is 2. The molecule has 0 aliphatic rings.